The first-order valence-electron chi connectivity index (χ1n) is 7.44. The molecule has 0 saturated carbocycles. The molecule has 5 nitrogen and oxygen atoms in total. The molecule has 1 aromatic rings. The summed E-state index contributed by atoms with van der Waals surface area (Å²) in [5.74, 6) is 2.25. The standard InChI is InChI=1S/C16H24NO4/c1-10(18)7-12-14-11(5-6-17(12,2)3)8-13-15(16(14)19-4)21-9-20-13/h8,10,12,18H,5-7,9H2,1-4H3/q+1. The van der Waals surface area contributed by atoms with E-state index in [2.05, 4.69) is 20.2 Å². The van der Waals surface area contributed by atoms with Crippen LogP contribution in [0.2, 0.25) is 0 Å². The van der Waals surface area contributed by atoms with E-state index in [1.807, 2.05) is 6.92 Å². The lowest BCUT2D eigenvalue weighted by molar-refractivity contribution is -0.924. The average Bonchev–Trinajstić information content (AvgIpc) is 2.87. The normalized spacial score (nSPS) is 23.6. The topological polar surface area (TPSA) is 47.9 Å². The Bertz CT molecular complexity index is 554. The smallest absolute Gasteiger partial charge is 0.231 e. The number of nitrogens with zero attached hydrogens (tertiary/aromatic N) is 1. The summed E-state index contributed by atoms with van der Waals surface area (Å²) >= 11 is 0. The second kappa shape index (κ2) is 5.07. The van der Waals surface area contributed by atoms with Gasteiger partial charge in [0.2, 0.25) is 12.5 Å². The highest BCUT2D eigenvalue weighted by Gasteiger charge is 2.41. The van der Waals surface area contributed by atoms with Gasteiger partial charge in [-0.1, -0.05) is 0 Å². The molecule has 0 radical (unpaired) electrons. The molecule has 0 fully saturated rings. The van der Waals surface area contributed by atoms with E-state index in [1.165, 1.54) is 11.1 Å². The number of likely N-dealkylation sites (N-methyl/N-ethyl adjacent to an activating group) is 1. The number of ether oxygens (including phenoxy) is 3. The number of rotatable bonds is 3. The van der Waals surface area contributed by atoms with Gasteiger partial charge in [0.1, 0.15) is 6.04 Å². The fourth-order valence-electron chi connectivity index (χ4n) is 3.49. The molecule has 5 heteroatoms. The van der Waals surface area contributed by atoms with Gasteiger partial charge in [0.05, 0.1) is 39.4 Å². The molecular weight excluding hydrogens is 270 g/mol. The minimum atomic E-state index is -0.353. The zero-order valence-electron chi connectivity index (χ0n) is 13.2. The van der Waals surface area contributed by atoms with Gasteiger partial charge in [-0.25, -0.2) is 0 Å². The summed E-state index contributed by atoms with van der Waals surface area (Å²) < 4.78 is 17.6. The third-order valence-electron chi connectivity index (χ3n) is 4.65. The van der Waals surface area contributed by atoms with Crippen LogP contribution in [0, 0.1) is 0 Å². The average molecular weight is 294 g/mol. The van der Waals surface area contributed by atoms with Crippen molar-refractivity contribution in [3.63, 3.8) is 0 Å². The Kier molecular flexibility index (Phi) is 3.50. The van der Waals surface area contributed by atoms with E-state index in [1.54, 1.807) is 7.11 Å². The first-order chi connectivity index (χ1) is 9.94. The number of hydrogen-bond donors (Lipinski definition) is 1. The van der Waals surface area contributed by atoms with Gasteiger partial charge in [-0.05, 0) is 18.6 Å². The molecule has 2 heterocycles. The second-order valence-corrected chi connectivity index (χ2v) is 6.57. The highest BCUT2D eigenvalue weighted by molar-refractivity contribution is 5.61. The molecule has 1 N–H and O–H groups in total. The molecule has 116 valence electrons. The predicted molar refractivity (Wildman–Crippen MR) is 78.8 cm³/mol. The van der Waals surface area contributed by atoms with Crippen LogP contribution in [0.15, 0.2) is 6.07 Å². The van der Waals surface area contributed by atoms with Crippen molar-refractivity contribution in [3.8, 4) is 17.2 Å². The van der Waals surface area contributed by atoms with Gasteiger partial charge in [0.25, 0.3) is 0 Å². The number of aliphatic hydroxyl groups excluding tert-OH is 1. The zero-order valence-corrected chi connectivity index (χ0v) is 13.2. The maximum atomic E-state index is 9.91. The van der Waals surface area contributed by atoms with Gasteiger partial charge in [0, 0.05) is 12.8 Å². The maximum absolute atomic E-state index is 9.91. The van der Waals surface area contributed by atoms with Crippen LogP contribution in [-0.4, -0.2) is 50.2 Å². The molecule has 2 aliphatic rings. The van der Waals surface area contributed by atoms with E-state index >= 15 is 0 Å². The quantitative estimate of drug-likeness (QED) is 0.865. The Morgan fingerprint density at radius 2 is 2.19 bits per heavy atom. The van der Waals surface area contributed by atoms with Crippen molar-refractivity contribution >= 4 is 0 Å². The van der Waals surface area contributed by atoms with Crippen molar-refractivity contribution in [2.75, 3.05) is 34.5 Å². The Morgan fingerprint density at radius 3 is 2.86 bits per heavy atom. The Labute approximate surface area is 125 Å². The van der Waals surface area contributed by atoms with Gasteiger partial charge in [-0.15, -0.1) is 0 Å². The SMILES string of the molecule is COc1c2c(cc3c1C(CC(C)O)[N+](C)(C)CC3)OCO2. The Balaban J connectivity index is 2.16. The van der Waals surface area contributed by atoms with Crippen molar-refractivity contribution < 1.29 is 23.8 Å². The van der Waals surface area contributed by atoms with Crippen molar-refractivity contribution in [2.24, 2.45) is 0 Å². The number of hydrogen-bond acceptors (Lipinski definition) is 4. The van der Waals surface area contributed by atoms with Gasteiger partial charge in [-0.2, -0.15) is 0 Å². The lowest BCUT2D eigenvalue weighted by atomic mass is 9.86. The van der Waals surface area contributed by atoms with E-state index in [-0.39, 0.29) is 18.9 Å². The van der Waals surface area contributed by atoms with Crippen molar-refractivity contribution in [3.05, 3.63) is 17.2 Å². The first-order valence-corrected chi connectivity index (χ1v) is 7.44. The number of quaternary nitrogens is 1. The predicted octanol–water partition coefficient (Wildman–Crippen LogP) is 1.87. The number of fused-ring (bicyclic) bond motifs is 2. The summed E-state index contributed by atoms with van der Waals surface area (Å²) in [6.45, 7) is 3.12. The van der Waals surface area contributed by atoms with Crippen LogP contribution in [0.5, 0.6) is 17.2 Å². The summed E-state index contributed by atoms with van der Waals surface area (Å²) in [5.41, 5.74) is 2.41. The van der Waals surface area contributed by atoms with E-state index < -0.39 is 0 Å². The summed E-state index contributed by atoms with van der Waals surface area (Å²) in [4.78, 5) is 0. The molecule has 2 atom stereocenters. The molecule has 2 aliphatic heterocycles. The third-order valence-corrected chi connectivity index (χ3v) is 4.65. The van der Waals surface area contributed by atoms with Crippen molar-refractivity contribution in [1.29, 1.82) is 0 Å². The fraction of sp³-hybridized carbons (Fsp3) is 0.625. The highest BCUT2D eigenvalue weighted by atomic mass is 16.7. The molecule has 0 aliphatic carbocycles. The number of methoxy groups -OCH3 is 1. The lowest BCUT2D eigenvalue weighted by Gasteiger charge is -2.43. The molecule has 21 heavy (non-hydrogen) atoms. The molecular formula is C16H24NO4+. The van der Waals surface area contributed by atoms with Crippen LogP contribution in [0.25, 0.3) is 0 Å². The minimum absolute atomic E-state index is 0.193. The van der Waals surface area contributed by atoms with Crippen LogP contribution in [0.4, 0.5) is 0 Å². The monoisotopic (exact) mass is 294 g/mol. The van der Waals surface area contributed by atoms with E-state index in [4.69, 9.17) is 14.2 Å². The Morgan fingerprint density at radius 1 is 1.43 bits per heavy atom. The van der Waals surface area contributed by atoms with Crippen LogP contribution in [0.1, 0.15) is 30.5 Å². The largest absolute Gasteiger partial charge is 0.492 e. The van der Waals surface area contributed by atoms with E-state index in [0.717, 1.165) is 28.9 Å². The van der Waals surface area contributed by atoms with Gasteiger partial charge < -0.3 is 23.8 Å². The third kappa shape index (κ3) is 2.34. The van der Waals surface area contributed by atoms with Gasteiger partial charge in [0.15, 0.2) is 11.5 Å². The van der Waals surface area contributed by atoms with Gasteiger partial charge >= 0.3 is 0 Å². The maximum Gasteiger partial charge on any atom is 0.231 e. The zero-order chi connectivity index (χ0) is 15.2. The highest BCUT2D eigenvalue weighted by Crippen LogP contribution is 2.51. The van der Waals surface area contributed by atoms with Gasteiger partial charge in [-0.3, -0.25) is 0 Å². The van der Waals surface area contributed by atoms with Crippen molar-refractivity contribution in [1.82, 2.24) is 0 Å². The van der Waals surface area contributed by atoms with Crippen LogP contribution >= 0.6 is 0 Å². The summed E-state index contributed by atoms with van der Waals surface area (Å²) in [5, 5.41) is 9.91. The van der Waals surface area contributed by atoms with E-state index in [0.29, 0.717) is 12.2 Å². The fourth-order valence-corrected chi connectivity index (χ4v) is 3.49. The minimum Gasteiger partial charge on any atom is -0.492 e. The molecule has 0 saturated heterocycles. The molecule has 1 aromatic carbocycles. The molecule has 0 spiro atoms. The summed E-state index contributed by atoms with van der Waals surface area (Å²) in [6.07, 6.45) is 1.33. The summed E-state index contributed by atoms with van der Waals surface area (Å²) in [6, 6.07) is 2.27. The second-order valence-electron chi connectivity index (χ2n) is 6.57. The molecule has 2 unspecified atom stereocenters. The molecule has 0 bridgehead atoms. The first kappa shape index (κ1) is 14.5. The van der Waals surface area contributed by atoms with Crippen LogP contribution in [0.3, 0.4) is 0 Å². The lowest BCUT2D eigenvalue weighted by Crippen LogP contribution is -2.48. The van der Waals surface area contributed by atoms with Crippen LogP contribution < -0.4 is 14.2 Å². The van der Waals surface area contributed by atoms with Crippen LogP contribution in [-0.2, 0) is 6.42 Å². The summed E-state index contributed by atoms with van der Waals surface area (Å²) in [7, 11) is 6.09. The number of benzene rings is 1. The van der Waals surface area contributed by atoms with Crippen molar-refractivity contribution in [2.45, 2.75) is 31.9 Å². The molecule has 0 amide bonds. The molecule has 0 aromatic heterocycles. The number of aliphatic hydroxyl groups is 1. The Hall–Kier alpha value is -1.46. The molecule has 3 rings (SSSR count). The van der Waals surface area contributed by atoms with E-state index in [9.17, 15) is 5.11 Å².